The molecular formula is C21H31ClN2O. The van der Waals surface area contributed by atoms with Gasteiger partial charge in [0.15, 0.2) is 0 Å². The van der Waals surface area contributed by atoms with Crippen LogP contribution in [-0.2, 0) is 0 Å². The van der Waals surface area contributed by atoms with Crippen molar-refractivity contribution >= 4 is 18.1 Å². The SMILES string of the molecule is CC(C)N(CCC(c1ccccc1)c1cc(N)ccc1O)C(C)C.Cl. The molecule has 0 amide bonds. The molecule has 3 nitrogen and oxygen atoms in total. The number of nitrogens with zero attached hydrogens (tertiary/aromatic N) is 1. The van der Waals surface area contributed by atoms with E-state index in [4.69, 9.17) is 5.73 Å². The predicted octanol–water partition coefficient (Wildman–Crippen LogP) is 5.04. The molecule has 0 spiro atoms. The quantitative estimate of drug-likeness (QED) is 0.536. The number of anilines is 1. The third-order valence-electron chi connectivity index (χ3n) is 4.63. The average Bonchev–Trinajstić information content (AvgIpc) is 2.54. The van der Waals surface area contributed by atoms with Crippen molar-refractivity contribution in [1.29, 1.82) is 0 Å². The molecule has 4 heteroatoms. The predicted molar refractivity (Wildman–Crippen MR) is 110 cm³/mol. The van der Waals surface area contributed by atoms with E-state index in [1.165, 1.54) is 5.56 Å². The summed E-state index contributed by atoms with van der Waals surface area (Å²) in [7, 11) is 0. The van der Waals surface area contributed by atoms with Crippen LogP contribution in [0.15, 0.2) is 48.5 Å². The summed E-state index contributed by atoms with van der Waals surface area (Å²) < 4.78 is 0. The van der Waals surface area contributed by atoms with Gasteiger partial charge in [-0.2, -0.15) is 0 Å². The van der Waals surface area contributed by atoms with Crippen molar-refractivity contribution in [3.05, 3.63) is 59.7 Å². The molecule has 0 fully saturated rings. The highest BCUT2D eigenvalue weighted by molar-refractivity contribution is 5.85. The number of rotatable bonds is 7. The van der Waals surface area contributed by atoms with E-state index in [9.17, 15) is 5.11 Å². The first-order valence-corrected chi connectivity index (χ1v) is 8.79. The Morgan fingerprint density at radius 1 is 0.960 bits per heavy atom. The van der Waals surface area contributed by atoms with E-state index >= 15 is 0 Å². The highest BCUT2D eigenvalue weighted by atomic mass is 35.5. The van der Waals surface area contributed by atoms with Gasteiger partial charge in [0.25, 0.3) is 0 Å². The zero-order valence-electron chi connectivity index (χ0n) is 15.6. The van der Waals surface area contributed by atoms with Gasteiger partial charge in [-0.15, -0.1) is 12.4 Å². The van der Waals surface area contributed by atoms with Crippen molar-refractivity contribution in [3.63, 3.8) is 0 Å². The Bertz CT molecular complexity index is 636. The second-order valence-corrected chi connectivity index (χ2v) is 7.00. The number of hydrogen-bond acceptors (Lipinski definition) is 3. The van der Waals surface area contributed by atoms with E-state index < -0.39 is 0 Å². The van der Waals surface area contributed by atoms with Gasteiger partial charge in [-0.1, -0.05) is 30.3 Å². The molecule has 1 unspecified atom stereocenters. The Morgan fingerprint density at radius 2 is 1.56 bits per heavy atom. The molecule has 0 aromatic heterocycles. The summed E-state index contributed by atoms with van der Waals surface area (Å²) in [6, 6.07) is 16.7. The maximum absolute atomic E-state index is 10.4. The lowest BCUT2D eigenvalue weighted by Gasteiger charge is -2.32. The lowest BCUT2D eigenvalue weighted by Crippen LogP contribution is -2.38. The highest BCUT2D eigenvalue weighted by Gasteiger charge is 2.21. The number of nitrogens with two attached hydrogens (primary N) is 1. The molecule has 0 aliphatic rings. The minimum absolute atomic E-state index is 0. The molecule has 0 heterocycles. The van der Waals surface area contributed by atoms with Crippen molar-refractivity contribution in [2.24, 2.45) is 0 Å². The second kappa shape index (κ2) is 9.69. The third-order valence-corrected chi connectivity index (χ3v) is 4.63. The van der Waals surface area contributed by atoms with Crippen LogP contribution >= 0.6 is 12.4 Å². The maximum atomic E-state index is 10.4. The number of benzene rings is 2. The zero-order valence-corrected chi connectivity index (χ0v) is 16.5. The van der Waals surface area contributed by atoms with Crippen molar-refractivity contribution in [1.82, 2.24) is 4.90 Å². The van der Waals surface area contributed by atoms with Gasteiger partial charge in [0.1, 0.15) is 5.75 Å². The second-order valence-electron chi connectivity index (χ2n) is 7.00. The molecule has 2 aromatic rings. The summed E-state index contributed by atoms with van der Waals surface area (Å²) in [6.45, 7) is 9.90. The summed E-state index contributed by atoms with van der Waals surface area (Å²) in [5, 5.41) is 10.4. The number of nitrogen functional groups attached to an aromatic ring is 1. The highest BCUT2D eigenvalue weighted by Crippen LogP contribution is 2.35. The first-order chi connectivity index (χ1) is 11.4. The Kier molecular flexibility index (Phi) is 8.27. The van der Waals surface area contributed by atoms with Crippen molar-refractivity contribution in [2.45, 2.75) is 52.1 Å². The fraction of sp³-hybridized carbons (Fsp3) is 0.429. The smallest absolute Gasteiger partial charge is 0.119 e. The summed E-state index contributed by atoms with van der Waals surface area (Å²) in [5.74, 6) is 0.452. The maximum Gasteiger partial charge on any atom is 0.119 e. The Balaban J connectivity index is 0.00000312. The third kappa shape index (κ3) is 5.65. The lowest BCUT2D eigenvalue weighted by molar-refractivity contribution is 0.170. The largest absolute Gasteiger partial charge is 0.508 e. The van der Waals surface area contributed by atoms with Crippen LogP contribution in [0.3, 0.4) is 0 Å². The molecule has 0 saturated heterocycles. The summed E-state index contributed by atoms with van der Waals surface area (Å²) in [4.78, 5) is 2.49. The summed E-state index contributed by atoms with van der Waals surface area (Å²) >= 11 is 0. The average molecular weight is 363 g/mol. The van der Waals surface area contributed by atoms with Crippen LogP contribution < -0.4 is 5.73 Å². The molecule has 0 aliphatic heterocycles. The van der Waals surface area contributed by atoms with E-state index in [1.54, 1.807) is 12.1 Å². The van der Waals surface area contributed by atoms with Crippen molar-refractivity contribution < 1.29 is 5.11 Å². The molecule has 0 bridgehead atoms. The Morgan fingerprint density at radius 3 is 2.12 bits per heavy atom. The van der Waals surface area contributed by atoms with Gasteiger partial charge in [0, 0.05) is 29.3 Å². The molecule has 25 heavy (non-hydrogen) atoms. The zero-order chi connectivity index (χ0) is 17.7. The molecule has 2 aromatic carbocycles. The van der Waals surface area contributed by atoms with Crippen LogP contribution in [0.4, 0.5) is 5.69 Å². The molecule has 0 saturated carbocycles. The molecule has 0 aliphatic carbocycles. The van der Waals surface area contributed by atoms with Gasteiger partial charge in [0.05, 0.1) is 0 Å². The Hall–Kier alpha value is -1.71. The topological polar surface area (TPSA) is 49.5 Å². The first-order valence-electron chi connectivity index (χ1n) is 8.79. The first kappa shape index (κ1) is 21.3. The fourth-order valence-corrected chi connectivity index (χ4v) is 3.43. The lowest BCUT2D eigenvalue weighted by atomic mass is 9.87. The number of phenols is 1. The van der Waals surface area contributed by atoms with Crippen LogP contribution in [0.25, 0.3) is 0 Å². The minimum atomic E-state index is 0. The van der Waals surface area contributed by atoms with Crippen LogP contribution in [0.2, 0.25) is 0 Å². The van der Waals surface area contributed by atoms with Gasteiger partial charge < -0.3 is 10.8 Å². The number of halogens is 1. The number of phenolic OH excluding ortho intramolecular Hbond substituents is 1. The molecule has 2 rings (SSSR count). The number of aromatic hydroxyl groups is 1. The minimum Gasteiger partial charge on any atom is -0.508 e. The van der Waals surface area contributed by atoms with Crippen molar-refractivity contribution in [3.8, 4) is 5.75 Å². The molecule has 1 atom stereocenters. The molecule has 138 valence electrons. The van der Waals surface area contributed by atoms with Gasteiger partial charge in [0.2, 0.25) is 0 Å². The van der Waals surface area contributed by atoms with Gasteiger partial charge in [-0.05, 0) is 64.4 Å². The molecule has 3 N–H and O–H groups in total. The van der Waals surface area contributed by atoms with Crippen LogP contribution in [0.5, 0.6) is 5.75 Å². The van der Waals surface area contributed by atoms with E-state index in [-0.39, 0.29) is 18.3 Å². The van der Waals surface area contributed by atoms with E-state index in [1.807, 2.05) is 24.3 Å². The van der Waals surface area contributed by atoms with Gasteiger partial charge in [-0.25, -0.2) is 0 Å². The normalized spacial score (nSPS) is 12.4. The van der Waals surface area contributed by atoms with Crippen molar-refractivity contribution in [2.75, 3.05) is 12.3 Å². The summed E-state index contributed by atoms with van der Waals surface area (Å²) in [5.41, 5.74) is 8.79. The van der Waals surface area contributed by atoms with Gasteiger partial charge in [-0.3, -0.25) is 4.90 Å². The monoisotopic (exact) mass is 362 g/mol. The summed E-state index contributed by atoms with van der Waals surface area (Å²) in [6.07, 6.45) is 0.942. The van der Waals surface area contributed by atoms with Crippen LogP contribution in [0.1, 0.15) is 51.2 Å². The van der Waals surface area contributed by atoms with E-state index in [0.29, 0.717) is 23.5 Å². The van der Waals surface area contributed by atoms with Crippen LogP contribution in [0, 0.1) is 0 Å². The molecular weight excluding hydrogens is 332 g/mol. The van der Waals surface area contributed by atoms with Crippen LogP contribution in [-0.4, -0.2) is 28.6 Å². The standard InChI is InChI=1S/C21H30N2O.ClH/c1-15(2)23(16(3)4)13-12-19(17-8-6-5-7-9-17)20-14-18(22)10-11-21(20)24;/h5-11,14-16,19,24H,12-13,22H2,1-4H3;1H. The Labute approximate surface area is 158 Å². The fourth-order valence-electron chi connectivity index (χ4n) is 3.43. The molecule has 0 radical (unpaired) electrons. The van der Waals surface area contributed by atoms with E-state index in [0.717, 1.165) is 18.5 Å². The van der Waals surface area contributed by atoms with Gasteiger partial charge >= 0.3 is 0 Å². The number of hydrogen-bond donors (Lipinski definition) is 2. The van der Waals surface area contributed by atoms with E-state index in [2.05, 4.69) is 44.7 Å².